The van der Waals surface area contributed by atoms with Gasteiger partial charge in [0.1, 0.15) is 17.2 Å². The van der Waals surface area contributed by atoms with Crippen molar-refractivity contribution < 1.29 is 8.78 Å². The van der Waals surface area contributed by atoms with E-state index in [1.165, 1.54) is 12.1 Å². The fourth-order valence-electron chi connectivity index (χ4n) is 2.41. The summed E-state index contributed by atoms with van der Waals surface area (Å²) in [4.78, 5) is 4.31. The molecule has 0 amide bonds. The first-order valence-corrected chi connectivity index (χ1v) is 7.17. The van der Waals surface area contributed by atoms with Gasteiger partial charge in [-0.25, -0.2) is 13.8 Å². The summed E-state index contributed by atoms with van der Waals surface area (Å²) in [6.45, 7) is 0.304. The molecule has 3 rings (SSSR count). The maximum Gasteiger partial charge on any atom is 0.151 e. The monoisotopic (exact) mass is 306 g/mol. The van der Waals surface area contributed by atoms with Gasteiger partial charge in [0.2, 0.25) is 0 Å². The number of halogens is 3. The molecule has 0 bridgehead atoms. The van der Waals surface area contributed by atoms with Crippen molar-refractivity contribution in [3.05, 3.63) is 65.5 Å². The fourth-order valence-corrected chi connectivity index (χ4v) is 2.58. The molecular formula is C16H13ClF2N2. The molecular weight excluding hydrogens is 294 g/mol. The molecule has 0 aliphatic heterocycles. The van der Waals surface area contributed by atoms with E-state index in [2.05, 4.69) is 4.98 Å². The number of aryl methyl sites for hydroxylation is 1. The first-order chi connectivity index (χ1) is 10.2. The molecule has 0 atom stereocenters. The Kier molecular flexibility index (Phi) is 3.88. The highest BCUT2D eigenvalue weighted by atomic mass is 35.5. The van der Waals surface area contributed by atoms with Crippen molar-refractivity contribution >= 4 is 22.6 Å². The molecule has 0 unspecified atom stereocenters. The van der Waals surface area contributed by atoms with Gasteiger partial charge in [-0.1, -0.05) is 24.3 Å². The number of aromatic nitrogens is 2. The predicted octanol–water partition coefficient (Wildman–Crippen LogP) is 4.14. The van der Waals surface area contributed by atoms with E-state index in [1.54, 1.807) is 30.3 Å². The Bertz CT molecular complexity index is 783. The van der Waals surface area contributed by atoms with E-state index < -0.39 is 0 Å². The van der Waals surface area contributed by atoms with E-state index in [1.807, 2.05) is 4.57 Å². The standard InChI is InChI=1S/C16H13ClF2N2/c17-9-8-15-20-16-13(19)6-3-7-14(16)21(15)10-11-4-1-2-5-12(11)18/h1-7H,8-10H2. The summed E-state index contributed by atoms with van der Waals surface area (Å²) in [5, 5.41) is 0. The van der Waals surface area contributed by atoms with E-state index in [0.717, 1.165) is 0 Å². The van der Waals surface area contributed by atoms with Crippen LogP contribution in [0.15, 0.2) is 42.5 Å². The number of hydrogen-bond acceptors (Lipinski definition) is 1. The lowest BCUT2D eigenvalue weighted by Gasteiger charge is -2.09. The summed E-state index contributed by atoms with van der Waals surface area (Å²) in [7, 11) is 0. The molecule has 1 heterocycles. The molecule has 2 nitrogen and oxygen atoms in total. The highest BCUT2D eigenvalue weighted by molar-refractivity contribution is 6.17. The van der Waals surface area contributed by atoms with Gasteiger partial charge in [0.15, 0.2) is 5.82 Å². The van der Waals surface area contributed by atoms with Crippen molar-refractivity contribution in [1.82, 2.24) is 9.55 Å². The zero-order valence-electron chi connectivity index (χ0n) is 11.2. The average Bonchev–Trinajstić information content (AvgIpc) is 2.82. The Hall–Kier alpha value is -1.94. The van der Waals surface area contributed by atoms with Crippen LogP contribution in [0, 0.1) is 11.6 Å². The summed E-state index contributed by atoms with van der Waals surface area (Å²) in [5.74, 6) is 0.374. The minimum atomic E-state index is -0.379. The van der Waals surface area contributed by atoms with Crippen molar-refractivity contribution in [2.45, 2.75) is 13.0 Å². The summed E-state index contributed by atoms with van der Waals surface area (Å²) >= 11 is 5.79. The molecule has 0 radical (unpaired) electrons. The van der Waals surface area contributed by atoms with Crippen LogP contribution in [-0.2, 0) is 13.0 Å². The lowest BCUT2D eigenvalue weighted by atomic mass is 10.2. The van der Waals surface area contributed by atoms with Crippen LogP contribution in [0.2, 0.25) is 0 Å². The van der Waals surface area contributed by atoms with Crippen LogP contribution in [0.1, 0.15) is 11.4 Å². The Labute approximate surface area is 126 Å². The van der Waals surface area contributed by atoms with E-state index in [9.17, 15) is 8.78 Å². The molecule has 0 N–H and O–H groups in total. The molecule has 0 aliphatic carbocycles. The van der Waals surface area contributed by atoms with E-state index in [-0.39, 0.29) is 11.6 Å². The summed E-state index contributed by atoms with van der Waals surface area (Å²) < 4.78 is 29.5. The quantitative estimate of drug-likeness (QED) is 0.662. The number of imidazole rings is 1. The second-order valence-electron chi connectivity index (χ2n) is 4.75. The lowest BCUT2D eigenvalue weighted by molar-refractivity contribution is 0.598. The van der Waals surface area contributed by atoms with Gasteiger partial charge in [0.05, 0.1) is 12.1 Å². The molecule has 108 valence electrons. The van der Waals surface area contributed by atoms with Crippen molar-refractivity contribution in [1.29, 1.82) is 0 Å². The normalized spacial score (nSPS) is 11.2. The summed E-state index contributed by atoms with van der Waals surface area (Å²) in [6, 6.07) is 11.3. The van der Waals surface area contributed by atoms with Crippen LogP contribution in [0.3, 0.4) is 0 Å². The van der Waals surface area contributed by atoms with Crippen LogP contribution >= 0.6 is 11.6 Å². The predicted molar refractivity (Wildman–Crippen MR) is 79.6 cm³/mol. The molecule has 3 aromatic rings. The smallest absolute Gasteiger partial charge is 0.151 e. The topological polar surface area (TPSA) is 17.8 Å². The Balaban J connectivity index is 2.13. The number of nitrogens with zero attached hydrogens (tertiary/aromatic N) is 2. The maximum absolute atomic E-state index is 13.9. The molecule has 0 saturated carbocycles. The summed E-state index contributed by atoms with van der Waals surface area (Å²) in [6.07, 6.45) is 0.504. The lowest BCUT2D eigenvalue weighted by Crippen LogP contribution is -2.07. The molecule has 0 fully saturated rings. The SMILES string of the molecule is Fc1ccccc1Cn1c(CCCl)nc2c(F)cccc21. The van der Waals surface area contributed by atoms with Gasteiger partial charge < -0.3 is 4.57 Å². The van der Waals surface area contributed by atoms with Crippen LogP contribution in [0.4, 0.5) is 8.78 Å². The number of rotatable bonds is 4. The largest absolute Gasteiger partial charge is 0.323 e. The van der Waals surface area contributed by atoms with Crippen molar-refractivity contribution in [2.75, 3.05) is 5.88 Å². The highest BCUT2D eigenvalue weighted by Crippen LogP contribution is 2.22. The van der Waals surface area contributed by atoms with Crippen LogP contribution in [0.25, 0.3) is 11.0 Å². The molecule has 0 saturated heterocycles. The minimum Gasteiger partial charge on any atom is -0.323 e. The van der Waals surface area contributed by atoms with Crippen molar-refractivity contribution in [3.8, 4) is 0 Å². The molecule has 0 spiro atoms. The van der Waals surface area contributed by atoms with Gasteiger partial charge in [-0.3, -0.25) is 0 Å². The van der Waals surface area contributed by atoms with Crippen molar-refractivity contribution in [2.24, 2.45) is 0 Å². The van der Waals surface area contributed by atoms with Gasteiger partial charge in [-0.05, 0) is 18.2 Å². The Morgan fingerprint density at radius 1 is 1.00 bits per heavy atom. The zero-order chi connectivity index (χ0) is 14.8. The zero-order valence-corrected chi connectivity index (χ0v) is 11.9. The molecule has 1 aromatic heterocycles. The molecule has 21 heavy (non-hydrogen) atoms. The fraction of sp³-hybridized carbons (Fsp3) is 0.188. The van der Waals surface area contributed by atoms with Gasteiger partial charge in [-0.2, -0.15) is 0 Å². The number of alkyl halides is 1. The highest BCUT2D eigenvalue weighted by Gasteiger charge is 2.14. The third-order valence-electron chi connectivity index (χ3n) is 3.41. The number of hydrogen-bond donors (Lipinski definition) is 0. The Morgan fingerprint density at radius 2 is 1.76 bits per heavy atom. The van der Waals surface area contributed by atoms with Gasteiger partial charge in [0, 0.05) is 17.9 Å². The van der Waals surface area contributed by atoms with E-state index >= 15 is 0 Å². The third kappa shape index (κ3) is 2.63. The van der Waals surface area contributed by atoms with E-state index in [4.69, 9.17) is 11.6 Å². The molecule has 0 aliphatic rings. The van der Waals surface area contributed by atoms with E-state index in [0.29, 0.717) is 41.3 Å². The number of para-hydroxylation sites is 1. The van der Waals surface area contributed by atoms with Crippen LogP contribution in [-0.4, -0.2) is 15.4 Å². The summed E-state index contributed by atoms with van der Waals surface area (Å²) in [5.41, 5.74) is 1.49. The first kappa shape index (κ1) is 14.0. The van der Waals surface area contributed by atoms with Gasteiger partial charge in [0.25, 0.3) is 0 Å². The molecule has 5 heteroatoms. The Morgan fingerprint density at radius 3 is 2.52 bits per heavy atom. The minimum absolute atomic E-state index is 0.285. The third-order valence-corrected chi connectivity index (χ3v) is 3.60. The van der Waals surface area contributed by atoms with Crippen LogP contribution < -0.4 is 0 Å². The van der Waals surface area contributed by atoms with Crippen LogP contribution in [0.5, 0.6) is 0 Å². The van der Waals surface area contributed by atoms with Gasteiger partial charge >= 0.3 is 0 Å². The molecule has 2 aromatic carbocycles. The van der Waals surface area contributed by atoms with Gasteiger partial charge in [-0.15, -0.1) is 11.6 Å². The number of benzene rings is 2. The second kappa shape index (κ2) is 5.82. The first-order valence-electron chi connectivity index (χ1n) is 6.63. The maximum atomic E-state index is 13.9. The average molecular weight is 307 g/mol. The second-order valence-corrected chi connectivity index (χ2v) is 5.13. The number of fused-ring (bicyclic) bond motifs is 1. The van der Waals surface area contributed by atoms with Crippen molar-refractivity contribution in [3.63, 3.8) is 0 Å².